The molecule has 0 amide bonds. The van der Waals surface area contributed by atoms with Gasteiger partial charge >= 0.3 is 5.97 Å². The first-order valence-electron chi connectivity index (χ1n) is 6.10. The summed E-state index contributed by atoms with van der Waals surface area (Å²) in [5.74, 6) is 3.65. The van der Waals surface area contributed by atoms with Crippen LogP contribution in [0.5, 0.6) is 0 Å². The monoisotopic (exact) mass is 286 g/mol. The molecule has 4 nitrogen and oxygen atoms in total. The van der Waals surface area contributed by atoms with E-state index in [1.807, 2.05) is 24.3 Å². The van der Waals surface area contributed by atoms with Gasteiger partial charge in [-0.15, -0.1) is 18.2 Å². The molecule has 0 unspecified atom stereocenters. The van der Waals surface area contributed by atoms with E-state index in [1.54, 1.807) is 17.8 Å². The van der Waals surface area contributed by atoms with Gasteiger partial charge in [0, 0.05) is 17.7 Å². The van der Waals surface area contributed by atoms with Crippen LogP contribution >= 0.6 is 11.8 Å². The number of aromatic carboxylic acids is 1. The first-order chi connectivity index (χ1) is 9.72. The Morgan fingerprint density at radius 2 is 2.25 bits per heavy atom. The van der Waals surface area contributed by atoms with Crippen LogP contribution in [0.4, 0.5) is 5.82 Å². The number of nitrogens with one attached hydrogen (secondary N) is 1. The number of rotatable bonds is 6. The second-order valence-corrected chi connectivity index (χ2v) is 5.17. The van der Waals surface area contributed by atoms with Crippen LogP contribution in [0.15, 0.2) is 30.3 Å². The molecule has 1 aromatic carbocycles. The van der Waals surface area contributed by atoms with Gasteiger partial charge in [-0.1, -0.05) is 30.2 Å². The molecule has 0 saturated heterocycles. The quantitative estimate of drug-likeness (QED) is 0.631. The Morgan fingerprint density at radius 1 is 1.45 bits per heavy atom. The Kier molecular flexibility index (Phi) is 4.85. The van der Waals surface area contributed by atoms with E-state index < -0.39 is 5.97 Å². The van der Waals surface area contributed by atoms with Crippen molar-refractivity contribution in [1.82, 2.24) is 4.98 Å². The molecule has 0 aliphatic heterocycles. The number of carboxylic acid groups (broad SMARTS) is 1. The largest absolute Gasteiger partial charge is 0.477 e. The number of thioether (sulfide) groups is 1. The van der Waals surface area contributed by atoms with Crippen molar-refractivity contribution in [1.29, 1.82) is 0 Å². The van der Waals surface area contributed by atoms with Crippen LogP contribution in [0.2, 0.25) is 0 Å². The van der Waals surface area contributed by atoms with E-state index in [0.29, 0.717) is 18.1 Å². The van der Waals surface area contributed by atoms with Crippen LogP contribution in [0.25, 0.3) is 10.8 Å². The molecule has 0 aliphatic rings. The van der Waals surface area contributed by atoms with E-state index >= 15 is 0 Å². The van der Waals surface area contributed by atoms with Crippen molar-refractivity contribution in [2.45, 2.75) is 0 Å². The van der Waals surface area contributed by atoms with Crippen molar-refractivity contribution in [3.05, 3.63) is 36.0 Å². The van der Waals surface area contributed by atoms with E-state index in [2.05, 4.69) is 16.2 Å². The van der Waals surface area contributed by atoms with Crippen molar-refractivity contribution in [3.63, 3.8) is 0 Å². The van der Waals surface area contributed by atoms with Gasteiger partial charge in [-0.3, -0.25) is 0 Å². The fourth-order valence-corrected chi connectivity index (χ4v) is 2.32. The number of aromatic nitrogens is 1. The molecule has 0 saturated carbocycles. The minimum Gasteiger partial charge on any atom is -0.477 e. The second-order valence-electron chi connectivity index (χ2n) is 4.07. The molecule has 1 heterocycles. The Balaban J connectivity index is 2.21. The molecule has 2 rings (SSSR count). The van der Waals surface area contributed by atoms with E-state index in [0.717, 1.165) is 16.5 Å². The van der Waals surface area contributed by atoms with E-state index in [9.17, 15) is 4.79 Å². The maximum Gasteiger partial charge on any atom is 0.354 e. The van der Waals surface area contributed by atoms with Crippen molar-refractivity contribution < 1.29 is 9.90 Å². The molecule has 20 heavy (non-hydrogen) atoms. The second kappa shape index (κ2) is 6.83. The average Bonchev–Trinajstić information content (AvgIpc) is 2.46. The Hall–Kier alpha value is -2.19. The van der Waals surface area contributed by atoms with E-state index in [-0.39, 0.29) is 5.69 Å². The minimum absolute atomic E-state index is 0.0440. The van der Waals surface area contributed by atoms with Crippen molar-refractivity contribution in [2.24, 2.45) is 0 Å². The van der Waals surface area contributed by atoms with Gasteiger partial charge in [0.15, 0.2) is 5.69 Å². The third-order valence-electron chi connectivity index (χ3n) is 2.68. The number of pyridine rings is 1. The van der Waals surface area contributed by atoms with Crippen molar-refractivity contribution in [2.75, 3.05) is 23.4 Å². The Bertz CT molecular complexity index is 664. The standard InChI is InChI=1S/C15H14N2O2S/c1-2-8-20-9-7-16-14-12-6-4-3-5-11(12)10-13(17-14)15(18)19/h1,3-6,10H,7-9H2,(H,16,17)(H,18,19). The molecule has 2 N–H and O–H groups in total. The summed E-state index contributed by atoms with van der Waals surface area (Å²) in [4.78, 5) is 15.3. The van der Waals surface area contributed by atoms with Gasteiger partial charge in [0.2, 0.25) is 0 Å². The molecule has 5 heteroatoms. The van der Waals surface area contributed by atoms with Crippen molar-refractivity contribution >= 4 is 34.3 Å². The number of hydrogen-bond acceptors (Lipinski definition) is 4. The van der Waals surface area contributed by atoms with Gasteiger partial charge in [0.05, 0.1) is 5.75 Å². The summed E-state index contributed by atoms with van der Waals surface area (Å²) in [6, 6.07) is 9.16. The van der Waals surface area contributed by atoms with E-state index in [4.69, 9.17) is 11.5 Å². The zero-order valence-electron chi connectivity index (χ0n) is 10.8. The summed E-state index contributed by atoms with van der Waals surface area (Å²) in [5, 5.41) is 14.0. The topological polar surface area (TPSA) is 62.2 Å². The predicted octanol–water partition coefficient (Wildman–Crippen LogP) is 2.71. The highest BCUT2D eigenvalue weighted by molar-refractivity contribution is 7.99. The van der Waals surface area contributed by atoms with Gasteiger partial charge in [-0.05, 0) is 11.5 Å². The lowest BCUT2D eigenvalue weighted by atomic mass is 10.1. The van der Waals surface area contributed by atoms with Crippen molar-refractivity contribution in [3.8, 4) is 12.3 Å². The average molecular weight is 286 g/mol. The van der Waals surface area contributed by atoms with Gasteiger partial charge in [0.1, 0.15) is 5.82 Å². The summed E-state index contributed by atoms with van der Waals surface area (Å²) < 4.78 is 0. The smallest absolute Gasteiger partial charge is 0.354 e. The maximum absolute atomic E-state index is 11.1. The zero-order chi connectivity index (χ0) is 14.4. The minimum atomic E-state index is -1.03. The molecule has 0 radical (unpaired) electrons. The lowest BCUT2D eigenvalue weighted by Gasteiger charge is -2.09. The maximum atomic E-state index is 11.1. The normalized spacial score (nSPS) is 10.2. The first kappa shape index (κ1) is 14.2. The molecule has 0 bridgehead atoms. The van der Waals surface area contributed by atoms with Gasteiger partial charge in [-0.25, -0.2) is 9.78 Å². The fraction of sp³-hybridized carbons (Fsp3) is 0.200. The summed E-state index contributed by atoms with van der Waals surface area (Å²) in [6.07, 6.45) is 5.18. The number of carbonyl (C=O) groups is 1. The van der Waals surface area contributed by atoms with Gasteiger partial charge in [0.25, 0.3) is 0 Å². The molecule has 0 fully saturated rings. The van der Waals surface area contributed by atoms with Crippen LogP contribution in [-0.2, 0) is 0 Å². The number of carboxylic acids is 1. The summed E-state index contributed by atoms with van der Waals surface area (Å²) in [5.41, 5.74) is 0.0440. The predicted molar refractivity (Wildman–Crippen MR) is 83.4 cm³/mol. The van der Waals surface area contributed by atoms with Crippen LogP contribution in [0, 0.1) is 12.3 Å². The lowest BCUT2D eigenvalue weighted by molar-refractivity contribution is 0.0691. The van der Waals surface area contributed by atoms with Crippen LogP contribution in [0.3, 0.4) is 0 Å². The van der Waals surface area contributed by atoms with Gasteiger partial charge < -0.3 is 10.4 Å². The zero-order valence-corrected chi connectivity index (χ0v) is 11.6. The number of benzene rings is 1. The first-order valence-corrected chi connectivity index (χ1v) is 7.26. The molecule has 102 valence electrons. The molecule has 2 aromatic rings. The SMILES string of the molecule is C#CCSCCNc1nc(C(=O)O)cc2ccccc12. The number of fused-ring (bicyclic) bond motifs is 1. The molecule has 0 atom stereocenters. The number of anilines is 1. The van der Waals surface area contributed by atoms with Crippen LogP contribution < -0.4 is 5.32 Å². The highest BCUT2D eigenvalue weighted by Crippen LogP contribution is 2.22. The Labute approximate surface area is 121 Å². The molecule has 0 aliphatic carbocycles. The number of terminal acetylenes is 1. The number of hydrogen-bond donors (Lipinski definition) is 2. The lowest BCUT2D eigenvalue weighted by Crippen LogP contribution is -2.09. The molecule has 1 aromatic heterocycles. The van der Waals surface area contributed by atoms with E-state index in [1.165, 1.54) is 0 Å². The Morgan fingerprint density at radius 3 is 3.00 bits per heavy atom. The molecular weight excluding hydrogens is 272 g/mol. The third kappa shape index (κ3) is 3.43. The summed E-state index contributed by atoms with van der Waals surface area (Å²) in [7, 11) is 0. The van der Waals surface area contributed by atoms with Gasteiger partial charge in [-0.2, -0.15) is 0 Å². The van der Waals surface area contributed by atoms with Crippen LogP contribution in [-0.4, -0.2) is 34.1 Å². The highest BCUT2D eigenvalue weighted by atomic mass is 32.2. The summed E-state index contributed by atoms with van der Waals surface area (Å²) in [6.45, 7) is 0.687. The van der Waals surface area contributed by atoms with Crippen LogP contribution in [0.1, 0.15) is 10.5 Å². The fourth-order valence-electron chi connectivity index (χ4n) is 1.82. The summed E-state index contributed by atoms with van der Waals surface area (Å²) >= 11 is 1.65. The number of nitrogens with zero attached hydrogens (tertiary/aromatic N) is 1. The third-order valence-corrected chi connectivity index (χ3v) is 3.55. The molecular formula is C15H14N2O2S. The highest BCUT2D eigenvalue weighted by Gasteiger charge is 2.10. The molecule has 0 spiro atoms.